The van der Waals surface area contributed by atoms with Crippen molar-refractivity contribution in [2.45, 2.75) is 52.2 Å². The highest BCUT2D eigenvalue weighted by Crippen LogP contribution is 2.25. The van der Waals surface area contributed by atoms with Crippen molar-refractivity contribution in [3.63, 3.8) is 0 Å². The zero-order chi connectivity index (χ0) is 18.2. The highest BCUT2D eigenvalue weighted by Gasteiger charge is 2.12. The Kier molecular flexibility index (Phi) is 9.71. The van der Waals surface area contributed by atoms with E-state index in [1.165, 1.54) is 16.7 Å². The summed E-state index contributed by atoms with van der Waals surface area (Å²) in [5.41, 5.74) is 3.75. The molecule has 0 spiro atoms. The van der Waals surface area contributed by atoms with Gasteiger partial charge in [-0.15, -0.1) is 12.4 Å². The number of aryl methyl sites for hydroxylation is 1. The summed E-state index contributed by atoms with van der Waals surface area (Å²) >= 11 is 0. The van der Waals surface area contributed by atoms with Crippen LogP contribution in [0.4, 0.5) is 0 Å². The maximum absolute atomic E-state index is 10.2. The predicted molar refractivity (Wildman–Crippen MR) is 112 cm³/mol. The molecule has 3 nitrogen and oxygen atoms in total. The zero-order valence-corrected chi connectivity index (χ0v) is 17.1. The van der Waals surface area contributed by atoms with Crippen LogP contribution in [0.3, 0.4) is 0 Å². The van der Waals surface area contributed by atoms with E-state index in [9.17, 15) is 5.11 Å². The lowest BCUT2D eigenvalue weighted by Gasteiger charge is -2.19. The van der Waals surface area contributed by atoms with Gasteiger partial charge >= 0.3 is 0 Å². The topological polar surface area (TPSA) is 41.5 Å². The van der Waals surface area contributed by atoms with E-state index in [2.05, 4.69) is 63.3 Å². The monoisotopic (exact) mass is 377 g/mol. The lowest BCUT2D eigenvalue weighted by atomic mass is 10.0. The molecule has 2 rings (SSSR count). The van der Waals surface area contributed by atoms with Gasteiger partial charge < -0.3 is 15.2 Å². The third-order valence-corrected chi connectivity index (χ3v) is 4.52. The number of benzene rings is 2. The summed E-state index contributed by atoms with van der Waals surface area (Å²) in [6, 6.07) is 16.9. The van der Waals surface area contributed by atoms with Gasteiger partial charge in [-0.3, -0.25) is 0 Å². The number of rotatable bonds is 9. The molecule has 0 heterocycles. The number of hydrogen-bond donors (Lipinski definition) is 2. The Morgan fingerprint density at radius 1 is 1.00 bits per heavy atom. The van der Waals surface area contributed by atoms with Gasteiger partial charge in [-0.05, 0) is 42.0 Å². The van der Waals surface area contributed by atoms with Crippen LogP contribution in [0.1, 0.15) is 56.3 Å². The third kappa shape index (κ3) is 6.64. The summed E-state index contributed by atoms with van der Waals surface area (Å²) < 4.78 is 5.84. The molecule has 2 unspecified atom stereocenters. The van der Waals surface area contributed by atoms with Crippen molar-refractivity contribution in [1.82, 2.24) is 5.32 Å². The van der Waals surface area contributed by atoms with Crippen LogP contribution < -0.4 is 10.1 Å². The Morgan fingerprint density at radius 3 is 2.27 bits per heavy atom. The van der Waals surface area contributed by atoms with Gasteiger partial charge in [0.25, 0.3) is 0 Å². The van der Waals surface area contributed by atoms with Crippen LogP contribution in [0.2, 0.25) is 0 Å². The Balaban J connectivity index is 0.00000338. The summed E-state index contributed by atoms with van der Waals surface area (Å²) in [7, 11) is 0. The van der Waals surface area contributed by atoms with Gasteiger partial charge in [-0.1, -0.05) is 63.2 Å². The highest BCUT2D eigenvalue weighted by molar-refractivity contribution is 5.85. The Bertz CT molecular complexity index is 643. The Morgan fingerprint density at radius 2 is 1.65 bits per heavy atom. The maximum Gasteiger partial charge on any atom is 0.122 e. The average Bonchev–Trinajstić information content (AvgIpc) is 2.64. The van der Waals surface area contributed by atoms with E-state index in [4.69, 9.17) is 4.74 Å². The molecule has 0 aliphatic carbocycles. The molecule has 4 heteroatoms. The number of para-hydroxylation sites is 1. The number of ether oxygens (including phenoxy) is 1. The molecule has 0 amide bonds. The molecule has 0 bridgehead atoms. The van der Waals surface area contributed by atoms with Crippen LogP contribution in [-0.2, 0) is 6.42 Å². The lowest BCUT2D eigenvalue weighted by Crippen LogP contribution is -2.33. The molecule has 2 aromatic rings. The van der Waals surface area contributed by atoms with Gasteiger partial charge in [0, 0.05) is 12.6 Å². The van der Waals surface area contributed by atoms with Gasteiger partial charge in [-0.25, -0.2) is 0 Å². The van der Waals surface area contributed by atoms with Crippen molar-refractivity contribution >= 4 is 12.4 Å². The number of aliphatic hydroxyl groups excluding tert-OH is 1. The second kappa shape index (κ2) is 11.2. The number of aliphatic hydroxyl groups is 1. The molecule has 0 aliphatic heterocycles. The quantitative estimate of drug-likeness (QED) is 0.654. The summed E-state index contributed by atoms with van der Waals surface area (Å²) in [5.74, 6) is 1.26. The molecule has 0 aliphatic rings. The molecule has 0 radical (unpaired) electrons. The molecule has 2 aromatic carbocycles. The maximum atomic E-state index is 10.2. The second-order valence-corrected chi connectivity index (χ2v) is 6.88. The molecule has 0 saturated heterocycles. The number of hydrogen-bond acceptors (Lipinski definition) is 3. The van der Waals surface area contributed by atoms with Crippen molar-refractivity contribution in [2.75, 3.05) is 13.2 Å². The van der Waals surface area contributed by atoms with Crippen molar-refractivity contribution in [3.8, 4) is 5.75 Å². The first-order valence-electron chi connectivity index (χ1n) is 9.23. The minimum atomic E-state index is -0.544. The molecule has 0 fully saturated rings. The van der Waals surface area contributed by atoms with Crippen molar-refractivity contribution in [1.29, 1.82) is 0 Å². The Hall–Kier alpha value is -1.55. The fraction of sp³-hybridized carbons (Fsp3) is 0.455. The summed E-state index contributed by atoms with van der Waals surface area (Å²) in [4.78, 5) is 0. The summed E-state index contributed by atoms with van der Waals surface area (Å²) in [6.45, 7) is 9.35. The average molecular weight is 378 g/mol. The first-order chi connectivity index (χ1) is 12.0. The highest BCUT2D eigenvalue weighted by atomic mass is 35.5. The van der Waals surface area contributed by atoms with Gasteiger partial charge in [0.2, 0.25) is 0 Å². The molecule has 2 atom stereocenters. The molecule has 2 N–H and O–H groups in total. The molecular weight excluding hydrogens is 346 g/mol. The fourth-order valence-corrected chi connectivity index (χ4v) is 2.81. The number of nitrogens with one attached hydrogen (secondary N) is 1. The van der Waals surface area contributed by atoms with E-state index in [0.717, 1.165) is 12.2 Å². The van der Waals surface area contributed by atoms with Gasteiger partial charge in [0.15, 0.2) is 0 Å². The summed E-state index contributed by atoms with van der Waals surface area (Å²) in [6.07, 6.45) is 0.508. The lowest BCUT2D eigenvalue weighted by molar-refractivity contribution is 0.103. The minimum Gasteiger partial charge on any atom is -0.491 e. The number of halogens is 1. The van der Waals surface area contributed by atoms with Crippen LogP contribution in [0.5, 0.6) is 5.75 Å². The van der Waals surface area contributed by atoms with Crippen LogP contribution in [0.15, 0.2) is 48.5 Å². The van der Waals surface area contributed by atoms with E-state index < -0.39 is 6.10 Å². The largest absolute Gasteiger partial charge is 0.491 e. The first kappa shape index (κ1) is 22.5. The van der Waals surface area contributed by atoms with Gasteiger partial charge in [0.1, 0.15) is 18.5 Å². The smallest absolute Gasteiger partial charge is 0.122 e. The van der Waals surface area contributed by atoms with E-state index in [0.29, 0.717) is 12.5 Å². The van der Waals surface area contributed by atoms with Crippen LogP contribution in [0, 0.1) is 0 Å². The van der Waals surface area contributed by atoms with Gasteiger partial charge in [-0.2, -0.15) is 0 Å². The van der Waals surface area contributed by atoms with Crippen molar-refractivity contribution in [2.24, 2.45) is 0 Å². The molecule has 0 saturated carbocycles. The first-order valence-corrected chi connectivity index (χ1v) is 9.23. The van der Waals surface area contributed by atoms with Crippen molar-refractivity contribution in [3.05, 3.63) is 65.2 Å². The third-order valence-electron chi connectivity index (χ3n) is 4.52. The minimum absolute atomic E-state index is 0. The van der Waals surface area contributed by atoms with E-state index >= 15 is 0 Å². The second-order valence-electron chi connectivity index (χ2n) is 6.88. The van der Waals surface area contributed by atoms with E-state index in [-0.39, 0.29) is 25.1 Å². The van der Waals surface area contributed by atoms with E-state index in [1.807, 2.05) is 18.2 Å². The zero-order valence-electron chi connectivity index (χ0n) is 16.2. The SMILES string of the molecule is CCc1ccc(C(C)NCC(O)COc2ccccc2C(C)C)cc1.Cl. The molecule has 144 valence electrons. The summed E-state index contributed by atoms with van der Waals surface area (Å²) in [5, 5.41) is 13.6. The van der Waals surface area contributed by atoms with Crippen LogP contribution >= 0.6 is 12.4 Å². The van der Waals surface area contributed by atoms with Crippen LogP contribution in [-0.4, -0.2) is 24.4 Å². The standard InChI is InChI=1S/C22H31NO2.ClH/c1-5-18-10-12-19(13-11-18)17(4)23-14-20(24)15-25-22-9-7-6-8-21(22)16(2)3;/h6-13,16-17,20,23-24H,5,14-15H2,1-4H3;1H. The molecule has 0 aromatic heterocycles. The molecular formula is C22H32ClNO2. The van der Waals surface area contributed by atoms with Crippen molar-refractivity contribution < 1.29 is 9.84 Å². The predicted octanol–water partition coefficient (Wildman–Crippen LogP) is 4.88. The van der Waals surface area contributed by atoms with E-state index in [1.54, 1.807) is 0 Å². The molecule has 26 heavy (non-hydrogen) atoms. The normalized spacial score (nSPS) is 13.2. The Labute approximate surface area is 164 Å². The van der Waals surface area contributed by atoms with Crippen LogP contribution in [0.25, 0.3) is 0 Å². The fourth-order valence-electron chi connectivity index (χ4n) is 2.81. The van der Waals surface area contributed by atoms with Gasteiger partial charge in [0.05, 0.1) is 0 Å².